The van der Waals surface area contributed by atoms with Crippen molar-refractivity contribution in [1.82, 2.24) is 15.6 Å². The number of hydrogen-bond donors (Lipinski definition) is 7. The number of aliphatic hydroxyl groups excluding tert-OH is 5. The second-order valence-electron chi connectivity index (χ2n) is 12.9. The van der Waals surface area contributed by atoms with Gasteiger partial charge in [0.1, 0.15) is 24.1 Å². The van der Waals surface area contributed by atoms with Gasteiger partial charge in [-0.3, -0.25) is 9.78 Å². The lowest BCUT2D eigenvalue weighted by molar-refractivity contribution is -0.148. The minimum atomic E-state index is -1.93. The molecule has 1 aromatic heterocycles. The minimum Gasteiger partial charge on any atom is -0.490 e. The predicted molar refractivity (Wildman–Crippen MR) is 179 cm³/mol. The van der Waals surface area contributed by atoms with Gasteiger partial charge in [-0.1, -0.05) is 55.3 Å². The molecule has 0 spiro atoms. The maximum Gasteiger partial charge on any atom is 0.251 e. The Morgan fingerprint density at radius 1 is 1.04 bits per heavy atom. The van der Waals surface area contributed by atoms with Crippen molar-refractivity contribution in [3.8, 4) is 16.9 Å². The Kier molecular flexibility index (Phi) is 11.9. The number of carbonyl (C=O) groups excluding carboxylic acids is 1. The van der Waals surface area contributed by atoms with Crippen molar-refractivity contribution in [3.05, 3.63) is 82.6 Å². The van der Waals surface area contributed by atoms with Crippen molar-refractivity contribution in [2.75, 3.05) is 13.2 Å². The molecule has 0 bridgehead atoms. The number of halogens is 1. The highest BCUT2D eigenvalue weighted by Gasteiger charge is 2.46. The van der Waals surface area contributed by atoms with Gasteiger partial charge in [-0.05, 0) is 84.9 Å². The van der Waals surface area contributed by atoms with Crippen LogP contribution in [0.15, 0.2) is 60.9 Å². The summed E-state index contributed by atoms with van der Waals surface area (Å²) in [5, 5.41) is 55.0. The molecule has 10 nitrogen and oxygen atoms in total. The van der Waals surface area contributed by atoms with Crippen LogP contribution in [0.2, 0.25) is 5.02 Å². The number of benzene rings is 2. The largest absolute Gasteiger partial charge is 0.490 e. The molecule has 254 valence electrons. The van der Waals surface area contributed by atoms with Crippen LogP contribution in [0.3, 0.4) is 0 Å². The van der Waals surface area contributed by atoms with E-state index in [1.165, 1.54) is 11.1 Å². The number of carbonyl (C=O) groups is 1. The van der Waals surface area contributed by atoms with Gasteiger partial charge in [0, 0.05) is 41.6 Å². The molecule has 5 atom stereocenters. The van der Waals surface area contributed by atoms with Crippen LogP contribution in [0.5, 0.6) is 5.75 Å². The molecule has 2 fully saturated rings. The molecule has 2 aromatic carbocycles. The summed E-state index contributed by atoms with van der Waals surface area (Å²) in [4.78, 5) is 16.6. The molecular formula is C36H46ClN3O7. The van der Waals surface area contributed by atoms with Crippen LogP contribution in [0.25, 0.3) is 11.1 Å². The van der Waals surface area contributed by atoms with Gasteiger partial charge in [0.15, 0.2) is 6.10 Å². The number of nitrogens with zero attached hydrogens (tertiary/aromatic N) is 1. The summed E-state index contributed by atoms with van der Waals surface area (Å²) < 4.78 is 6.25. The van der Waals surface area contributed by atoms with Crippen LogP contribution in [-0.4, -0.2) is 80.1 Å². The summed E-state index contributed by atoms with van der Waals surface area (Å²) in [7, 11) is 0. The molecule has 47 heavy (non-hydrogen) atoms. The number of rotatable bonds is 18. The van der Waals surface area contributed by atoms with Gasteiger partial charge in [0.25, 0.3) is 5.91 Å². The summed E-state index contributed by atoms with van der Waals surface area (Å²) in [6.45, 7) is 2.23. The molecule has 2 aliphatic rings. The molecule has 5 rings (SSSR count). The van der Waals surface area contributed by atoms with Gasteiger partial charge in [-0.15, -0.1) is 0 Å². The third kappa shape index (κ3) is 8.88. The number of aromatic nitrogens is 1. The summed E-state index contributed by atoms with van der Waals surface area (Å²) in [5.41, 5.74) is 5.40. The van der Waals surface area contributed by atoms with Crippen LogP contribution >= 0.6 is 11.6 Å². The standard InChI is InChI=1S/C36H46ClN3O7/c1-22(6-4-5-16-39-35(46)34(45)33(44)32(43)30(42)21-41)23-9-12-29(37)24(18-23)19-40-36(14-15-36)28-20-38-17-13-26(28)27-7-2-3-8-31(27)47-25-10-11-25/h2-3,7-9,12-13,17-18,20,22,25,30,32-34,40-45H,4-6,10-11,14-16,19,21H2,1H3,(H,39,46)/t22?,30-,32+,33-,34-/m0/s1. The van der Waals surface area contributed by atoms with Crippen LogP contribution in [0.1, 0.15) is 74.5 Å². The van der Waals surface area contributed by atoms with Gasteiger partial charge >= 0.3 is 0 Å². The van der Waals surface area contributed by atoms with Crippen LogP contribution in [0.4, 0.5) is 0 Å². The monoisotopic (exact) mass is 667 g/mol. The Morgan fingerprint density at radius 2 is 1.81 bits per heavy atom. The first kappa shape index (κ1) is 35.2. The Morgan fingerprint density at radius 3 is 2.53 bits per heavy atom. The van der Waals surface area contributed by atoms with Crippen LogP contribution in [0, 0.1) is 0 Å². The van der Waals surface area contributed by atoms with Crippen LogP contribution < -0.4 is 15.4 Å². The molecule has 2 saturated carbocycles. The highest BCUT2D eigenvalue weighted by Crippen LogP contribution is 2.50. The zero-order chi connectivity index (χ0) is 33.6. The second-order valence-corrected chi connectivity index (χ2v) is 13.3. The number of amides is 1. The second kappa shape index (κ2) is 15.9. The smallest absolute Gasteiger partial charge is 0.251 e. The van der Waals surface area contributed by atoms with Gasteiger partial charge in [0.05, 0.1) is 12.7 Å². The number of ether oxygens (including phenoxy) is 1. The molecular weight excluding hydrogens is 622 g/mol. The molecule has 2 aliphatic carbocycles. The maximum absolute atomic E-state index is 12.2. The molecule has 0 radical (unpaired) electrons. The molecule has 11 heteroatoms. The van der Waals surface area contributed by atoms with E-state index in [0.717, 1.165) is 61.0 Å². The molecule has 1 heterocycles. The average Bonchev–Trinajstić information content (AvgIpc) is 4.04. The first-order valence-corrected chi connectivity index (χ1v) is 16.9. The Balaban J connectivity index is 1.14. The van der Waals surface area contributed by atoms with Crippen molar-refractivity contribution in [2.45, 2.75) is 100 Å². The third-order valence-corrected chi connectivity index (χ3v) is 9.59. The van der Waals surface area contributed by atoms with E-state index in [1.807, 2.05) is 42.7 Å². The number of aliphatic hydroxyl groups is 5. The normalized spacial score (nSPS) is 18.5. The molecule has 0 aliphatic heterocycles. The van der Waals surface area contributed by atoms with Gasteiger partial charge < -0.3 is 40.9 Å². The van der Waals surface area contributed by atoms with Gasteiger partial charge in [0.2, 0.25) is 0 Å². The fraction of sp³-hybridized carbons (Fsp3) is 0.500. The fourth-order valence-electron chi connectivity index (χ4n) is 5.87. The lowest BCUT2D eigenvalue weighted by Crippen LogP contribution is -2.51. The van der Waals surface area contributed by atoms with E-state index in [9.17, 15) is 25.2 Å². The fourth-order valence-corrected chi connectivity index (χ4v) is 6.06. The minimum absolute atomic E-state index is 0.188. The van der Waals surface area contributed by atoms with E-state index in [-0.39, 0.29) is 18.0 Å². The molecule has 1 amide bonds. The van der Waals surface area contributed by atoms with Crippen molar-refractivity contribution in [2.24, 2.45) is 0 Å². The summed E-state index contributed by atoms with van der Waals surface area (Å²) >= 11 is 6.68. The molecule has 7 N–H and O–H groups in total. The average molecular weight is 668 g/mol. The number of unbranched alkanes of at least 4 members (excludes halogenated alkanes) is 1. The third-order valence-electron chi connectivity index (χ3n) is 9.22. The van der Waals surface area contributed by atoms with E-state index < -0.39 is 36.9 Å². The van der Waals surface area contributed by atoms with Gasteiger partial charge in [-0.2, -0.15) is 0 Å². The quantitative estimate of drug-likeness (QED) is 0.101. The highest BCUT2D eigenvalue weighted by molar-refractivity contribution is 6.31. The maximum atomic E-state index is 12.2. The summed E-state index contributed by atoms with van der Waals surface area (Å²) in [6, 6.07) is 16.5. The Bertz CT molecular complexity index is 1500. The van der Waals surface area contributed by atoms with E-state index >= 15 is 0 Å². The zero-order valence-electron chi connectivity index (χ0n) is 26.7. The first-order chi connectivity index (χ1) is 22.6. The van der Waals surface area contributed by atoms with E-state index in [1.54, 1.807) is 0 Å². The van der Waals surface area contributed by atoms with E-state index in [4.69, 9.17) is 21.4 Å². The summed E-state index contributed by atoms with van der Waals surface area (Å²) in [6.07, 6.45) is 3.28. The number of pyridine rings is 1. The van der Waals surface area contributed by atoms with Crippen molar-refractivity contribution >= 4 is 17.5 Å². The summed E-state index contributed by atoms with van der Waals surface area (Å²) in [5.74, 6) is 0.302. The molecule has 1 unspecified atom stereocenters. The van der Waals surface area contributed by atoms with Crippen molar-refractivity contribution in [1.29, 1.82) is 0 Å². The Labute approximate surface area is 280 Å². The lowest BCUT2D eigenvalue weighted by Gasteiger charge is -2.25. The topological polar surface area (TPSA) is 164 Å². The lowest BCUT2D eigenvalue weighted by atomic mass is 9.93. The Hall–Kier alpha value is -3.09. The van der Waals surface area contributed by atoms with Crippen molar-refractivity contribution < 1.29 is 35.1 Å². The highest BCUT2D eigenvalue weighted by atomic mass is 35.5. The zero-order valence-corrected chi connectivity index (χ0v) is 27.4. The van der Waals surface area contributed by atoms with Crippen molar-refractivity contribution in [3.63, 3.8) is 0 Å². The number of para-hydroxylation sites is 1. The van der Waals surface area contributed by atoms with Crippen LogP contribution in [-0.2, 0) is 16.9 Å². The predicted octanol–water partition coefficient (Wildman–Crippen LogP) is 3.55. The first-order valence-electron chi connectivity index (χ1n) is 16.5. The number of nitrogens with one attached hydrogen (secondary N) is 2. The SMILES string of the molecule is CC(CCCCNC(=O)[C@@H](O)[C@@H](O)[C@H](O)[C@@H](O)CO)c1ccc(Cl)c(CNC2(c3cnccc3-c3ccccc3OC3CC3)CC2)c1. The van der Waals surface area contributed by atoms with E-state index in [0.29, 0.717) is 24.1 Å². The molecule has 0 saturated heterocycles. The number of hydrogen-bond acceptors (Lipinski definition) is 9. The molecule has 3 aromatic rings. The van der Waals surface area contributed by atoms with Gasteiger partial charge in [-0.25, -0.2) is 0 Å². The van der Waals surface area contributed by atoms with E-state index in [2.05, 4.69) is 40.7 Å².